The van der Waals surface area contributed by atoms with Gasteiger partial charge in [-0.3, -0.25) is 4.79 Å². The van der Waals surface area contributed by atoms with Crippen LogP contribution >= 0.6 is 23.2 Å². The molecule has 0 heterocycles. The van der Waals surface area contributed by atoms with Gasteiger partial charge in [0.05, 0.1) is 23.3 Å². The van der Waals surface area contributed by atoms with E-state index in [2.05, 4.69) is 5.32 Å². The maximum absolute atomic E-state index is 11.9. The van der Waals surface area contributed by atoms with Gasteiger partial charge < -0.3 is 15.2 Å². The first-order chi connectivity index (χ1) is 9.36. The lowest BCUT2D eigenvalue weighted by Gasteiger charge is -2.14. The van der Waals surface area contributed by atoms with Crippen LogP contribution in [-0.2, 0) is 0 Å². The maximum atomic E-state index is 11.9. The van der Waals surface area contributed by atoms with Crippen LogP contribution in [-0.4, -0.2) is 30.8 Å². The Morgan fingerprint density at radius 2 is 1.90 bits per heavy atom. The number of carbonyl (C=O) groups is 1. The Hall–Kier alpha value is -0.970. The molecule has 20 heavy (non-hydrogen) atoms. The second kappa shape index (κ2) is 7.72. The Labute approximate surface area is 129 Å². The van der Waals surface area contributed by atoms with Crippen LogP contribution in [0.5, 0.6) is 5.75 Å². The molecule has 4 nitrogen and oxygen atoms in total. The number of methoxy groups -OCH3 is 1. The molecule has 0 saturated heterocycles. The van der Waals surface area contributed by atoms with Gasteiger partial charge in [-0.05, 0) is 24.5 Å². The first-order valence-corrected chi connectivity index (χ1v) is 7.11. The first-order valence-electron chi connectivity index (χ1n) is 6.36. The highest BCUT2D eigenvalue weighted by Gasteiger charge is 2.14. The van der Waals surface area contributed by atoms with E-state index in [4.69, 9.17) is 27.9 Å². The number of benzene rings is 1. The number of halogens is 2. The number of ether oxygens (including phenoxy) is 1. The van der Waals surface area contributed by atoms with Crippen molar-refractivity contribution in [1.29, 1.82) is 0 Å². The predicted molar refractivity (Wildman–Crippen MR) is 80.8 cm³/mol. The zero-order chi connectivity index (χ0) is 15.3. The van der Waals surface area contributed by atoms with Gasteiger partial charge in [0.15, 0.2) is 5.75 Å². The minimum atomic E-state index is -0.432. The van der Waals surface area contributed by atoms with E-state index in [1.165, 1.54) is 19.2 Å². The molecule has 0 aromatic heterocycles. The van der Waals surface area contributed by atoms with Crippen LogP contribution in [0.3, 0.4) is 0 Å². The van der Waals surface area contributed by atoms with Crippen LogP contribution in [0.1, 0.15) is 30.6 Å². The number of aliphatic hydroxyl groups is 1. The summed E-state index contributed by atoms with van der Waals surface area (Å²) in [6.45, 7) is 4.24. The topological polar surface area (TPSA) is 58.6 Å². The lowest BCUT2D eigenvalue weighted by molar-refractivity contribution is 0.0920. The fourth-order valence-corrected chi connectivity index (χ4v) is 2.30. The fourth-order valence-electron chi connectivity index (χ4n) is 1.65. The Balaban J connectivity index is 2.65. The molecule has 1 rings (SSSR count). The van der Waals surface area contributed by atoms with Gasteiger partial charge in [0.1, 0.15) is 0 Å². The molecule has 2 N–H and O–H groups in total. The van der Waals surface area contributed by atoms with Crippen molar-refractivity contribution < 1.29 is 14.6 Å². The van der Waals surface area contributed by atoms with Gasteiger partial charge in [-0.25, -0.2) is 0 Å². The minimum Gasteiger partial charge on any atom is -0.494 e. The second-order valence-electron chi connectivity index (χ2n) is 4.83. The molecule has 0 bridgehead atoms. The quantitative estimate of drug-likeness (QED) is 0.846. The van der Waals surface area contributed by atoms with E-state index >= 15 is 0 Å². The van der Waals surface area contributed by atoms with Crippen molar-refractivity contribution in [3.63, 3.8) is 0 Å². The predicted octanol–water partition coefficient (Wildman–Crippen LogP) is 3.14. The van der Waals surface area contributed by atoms with Gasteiger partial charge in [0.2, 0.25) is 0 Å². The molecule has 0 fully saturated rings. The van der Waals surface area contributed by atoms with Crippen molar-refractivity contribution in [2.24, 2.45) is 5.92 Å². The molecule has 0 aliphatic carbocycles. The number of hydrogen-bond donors (Lipinski definition) is 2. The molecule has 1 amide bonds. The Morgan fingerprint density at radius 1 is 1.35 bits per heavy atom. The van der Waals surface area contributed by atoms with Crippen LogP contribution < -0.4 is 10.1 Å². The number of rotatable bonds is 6. The molecule has 0 saturated carbocycles. The molecule has 0 aliphatic rings. The summed E-state index contributed by atoms with van der Waals surface area (Å²) in [6.07, 6.45) is 0.0689. The summed E-state index contributed by atoms with van der Waals surface area (Å²) in [5.74, 6) is 0.226. The summed E-state index contributed by atoms with van der Waals surface area (Å²) in [5.41, 5.74) is 0.361. The van der Waals surface area contributed by atoms with Crippen LogP contribution in [0, 0.1) is 5.92 Å². The number of carbonyl (C=O) groups excluding carboxylic acids is 1. The summed E-state index contributed by atoms with van der Waals surface area (Å²) in [5, 5.41) is 12.9. The fraction of sp³-hybridized carbons (Fsp3) is 0.500. The van der Waals surface area contributed by atoms with E-state index in [1.54, 1.807) is 0 Å². The average molecular weight is 320 g/mol. The van der Waals surface area contributed by atoms with Gasteiger partial charge in [-0.15, -0.1) is 0 Å². The molecule has 1 unspecified atom stereocenters. The maximum Gasteiger partial charge on any atom is 0.251 e. The highest BCUT2D eigenvalue weighted by atomic mass is 35.5. The van der Waals surface area contributed by atoms with Crippen molar-refractivity contribution in [2.75, 3.05) is 13.7 Å². The molecular formula is C14H19Cl2NO3. The number of amides is 1. The summed E-state index contributed by atoms with van der Waals surface area (Å²) in [6, 6.07) is 3.00. The molecule has 0 aliphatic heterocycles. The van der Waals surface area contributed by atoms with Crippen LogP contribution in [0.2, 0.25) is 10.0 Å². The van der Waals surface area contributed by atoms with Gasteiger partial charge in [-0.1, -0.05) is 37.0 Å². The SMILES string of the molecule is COc1c(Cl)cc(C(=O)NCCC(O)C(C)C)cc1Cl. The van der Waals surface area contributed by atoms with Gasteiger partial charge in [0.25, 0.3) is 5.91 Å². The molecule has 0 radical (unpaired) electrons. The zero-order valence-corrected chi connectivity index (χ0v) is 13.3. The summed E-state index contributed by atoms with van der Waals surface area (Å²) >= 11 is 12.0. The van der Waals surface area contributed by atoms with Crippen LogP contribution in [0.25, 0.3) is 0 Å². The Kier molecular flexibility index (Phi) is 6.59. The van der Waals surface area contributed by atoms with Crippen molar-refractivity contribution in [1.82, 2.24) is 5.32 Å². The largest absolute Gasteiger partial charge is 0.494 e. The minimum absolute atomic E-state index is 0.164. The number of aliphatic hydroxyl groups excluding tert-OH is 1. The Bertz CT molecular complexity index is 454. The molecule has 6 heteroatoms. The third kappa shape index (κ3) is 4.54. The molecule has 1 atom stereocenters. The molecular weight excluding hydrogens is 301 g/mol. The normalized spacial score (nSPS) is 12.3. The summed E-state index contributed by atoms with van der Waals surface area (Å²) in [7, 11) is 1.46. The van der Waals surface area contributed by atoms with E-state index in [9.17, 15) is 9.90 Å². The van der Waals surface area contributed by atoms with E-state index in [0.717, 1.165) is 0 Å². The molecule has 1 aromatic rings. The smallest absolute Gasteiger partial charge is 0.251 e. The summed E-state index contributed by atoms with van der Waals surface area (Å²) in [4.78, 5) is 11.9. The zero-order valence-electron chi connectivity index (χ0n) is 11.7. The highest BCUT2D eigenvalue weighted by molar-refractivity contribution is 6.37. The van der Waals surface area contributed by atoms with Crippen LogP contribution in [0.4, 0.5) is 0 Å². The molecule has 1 aromatic carbocycles. The van der Waals surface area contributed by atoms with Crippen molar-refractivity contribution >= 4 is 29.1 Å². The van der Waals surface area contributed by atoms with E-state index in [0.29, 0.717) is 24.3 Å². The van der Waals surface area contributed by atoms with E-state index in [-0.39, 0.29) is 21.9 Å². The van der Waals surface area contributed by atoms with Crippen molar-refractivity contribution in [2.45, 2.75) is 26.4 Å². The highest BCUT2D eigenvalue weighted by Crippen LogP contribution is 2.33. The van der Waals surface area contributed by atoms with Gasteiger partial charge in [-0.2, -0.15) is 0 Å². The third-order valence-electron chi connectivity index (χ3n) is 2.96. The number of nitrogens with one attached hydrogen (secondary N) is 1. The van der Waals surface area contributed by atoms with Crippen molar-refractivity contribution in [3.05, 3.63) is 27.7 Å². The first kappa shape index (κ1) is 17.1. The van der Waals surface area contributed by atoms with Gasteiger partial charge in [0, 0.05) is 12.1 Å². The second-order valence-corrected chi connectivity index (χ2v) is 5.64. The monoisotopic (exact) mass is 319 g/mol. The van der Waals surface area contributed by atoms with Crippen LogP contribution in [0.15, 0.2) is 12.1 Å². The molecule has 0 spiro atoms. The third-order valence-corrected chi connectivity index (χ3v) is 3.52. The van der Waals surface area contributed by atoms with E-state index in [1.807, 2.05) is 13.8 Å². The lowest BCUT2D eigenvalue weighted by atomic mass is 10.0. The lowest BCUT2D eigenvalue weighted by Crippen LogP contribution is -2.28. The molecule has 112 valence electrons. The summed E-state index contributed by atoms with van der Waals surface area (Å²) < 4.78 is 5.02. The van der Waals surface area contributed by atoms with Crippen molar-refractivity contribution in [3.8, 4) is 5.75 Å². The standard InChI is InChI=1S/C14H19Cl2NO3/c1-8(2)12(18)4-5-17-14(19)9-6-10(15)13(20-3)11(16)7-9/h6-8,12,18H,4-5H2,1-3H3,(H,17,19). The number of hydrogen-bond acceptors (Lipinski definition) is 3. The Morgan fingerprint density at radius 3 is 2.35 bits per heavy atom. The van der Waals surface area contributed by atoms with E-state index < -0.39 is 6.10 Å². The average Bonchev–Trinajstić information content (AvgIpc) is 2.37. The van der Waals surface area contributed by atoms with Gasteiger partial charge >= 0.3 is 0 Å².